The second kappa shape index (κ2) is 7.82. The van der Waals surface area contributed by atoms with E-state index in [0.717, 1.165) is 37.8 Å². The highest BCUT2D eigenvalue weighted by atomic mass is 16.5. The number of rotatable bonds is 6. The Bertz CT molecular complexity index is 533. The van der Waals surface area contributed by atoms with E-state index in [1.165, 1.54) is 0 Å². The highest BCUT2D eigenvalue weighted by Gasteiger charge is 2.25. The van der Waals surface area contributed by atoms with E-state index in [2.05, 4.69) is 4.99 Å². The van der Waals surface area contributed by atoms with Gasteiger partial charge in [-0.2, -0.15) is 0 Å². The maximum absolute atomic E-state index is 10.9. The number of aliphatic imine (C=N–C) groups is 1. The number of benzene rings is 1. The van der Waals surface area contributed by atoms with Crippen LogP contribution >= 0.6 is 0 Å². The summed E-state index contributed by atoms with van der Waals surface area (Å²) in [6.07, 6.45) is 5.20. The van der Waals surface area contributed by atoms with Gasteiger partial charge in [-0.3, -0.25) is 9.79 Å². The molecule has 22 heavy (non-hydrogen) atoms. The Balaban J connectivity index is 1.92. The van der Waals surface area contributed by atoms with Gasteiger partial charge in [0, 0.05) is 18.3 Å². The fourth-order valence-electron chi connectivity index (χ4n) is 2.91. The Labute approximate surface area is 131 Å². The predicted octanol–water partition coefficient (Wildman–Crippen LogP) is 3.01. The Kier molecular flexibility index (Phi) is 5.81. The van der Waals surface area contributed by atoms with Crippen molar-refractivity contribution in [3.8, 4) is 11.5 Å². The molecule has 1 N–H and O–H groups in total. The zero-order chi connectivity index (χ0) is 15.9. The first kappa shape index (κ1) is 16.3. The van der Waals surface area contributed by atoms with Crippen LogP contribution in [-0.4, -0.2) is 38.1 Å². The molecule has 1 aliphatic rings. The van der Waals surface area contributed by atoms with Crippen LogP contribution in [0.5, 0.6) is 11.5 Å². The summed E-state index contributed by atoms with van der Waals surface area (Å²) < 4.78 is 10.6. The summed E-state index contributed by atoms with van der Waals surface area (Å²) in [6.45, 7) is 0.729. The third-order valence-corrected chi connectivity index (χ3v) is 4.22. The van der Waals surface area contributed by atoms with E-state index in [9.17, 15) is 4.79 Å². The maximum Gasteiger partial charge on any atom is 0.306 e. The largest absolute Gasteiger partial charge is 0.493 e. The van der Waals surface area contributed by atoms with Crippen LogP contribution in [0.3, 0.4) is 0 Å². The number of carbonyl (C=O) groups is 1. The average Bonchev–Trinajstić information content (AvgIpc) is 2.55. The molecule has 1 aliphatic carbocycles. The van der Waals surface area contributed by atoms with E-state index in [0.29, 0.717) is 17.4 Å². The first-order valence-corrected chi connectivity index (χ1v) is 7.59. The van der Waals surface area contributed by atoms with Crippen molar-refractivity contribution in [2.45, 2.75) is 25.7 Å². The van der Waals surface area contributed by atoms with Gasteiger partial charge in [0.05, 0.1) is 20.1 Å². The average molecular weight is 305 g/mol. The number of ether oxygens (including phenoxy) is 2. The molecule has 0 aliphatic heterocycles. The zero-order valence-electron chi connectivity index (χ0n) is 13.1. The van der Waals surface area contributed by atoms with Crippen LogP contribution in [0.2, 0.25) is 0 Å². The highest BCUT2D eigenvalue weighted by molar-refractivity contribution is 5.85. The van der Waals surface area contributed by atoms with Crippen molar-refractivity contribution in [1.29, 1.82) is 0 Å². The molecule has 5 nitrogen and oxygen atoms in total. The number of hydrogen-bond acceptors (Lipinski definition) is 4. The fraction of sp³-hybridized carbons (Fsp3) is 0.529. The van der Waals surface area contributed by atoms with Gasteiger partial charge in [-0.05, 0) is 43.7 Å². The summed E-state index contributed by atoms with van der Waals surface area (Å²) >= 11 is 0. The van der Waals surface area contributed by atoms with E-state index in [1.807, 2.05) is 24.4 Å². The Morgan fingerprint density at radius 1 is 1.27 bits per heavy atom. The summed E-state index contributed by atoms with van der Waals surface area (Å²) in [5.74, 6) is 1.02. The van der Waals surface area contributed by atoms with Gasteiger partial charge in [-0.1, -0.05) is 6.07 Å². The van der Waals surface area contributed by atoms with Crippen molar-refractivity contribution in [2.75, 3.05) is 20.8 Å². The van der Waals surface area contributed by atoms with E-state index < -0.39 is 5.97 Å². The lowest BCUT2D eigenvalue weighted by Gasteiger charge is -2.24. The Hall–Kier alpha value is -2.04. The van der Waals surface area contributed by atoms with Gasteiger partial charge in [0.1, 0.15) is 0 Å². The molecule has 1 aromatic rings. The first-order chi connectivity index (χ1) is 10.7. The molecule has 5 heteroatoms. The summed E-state index contributed by atoms with van der Waals surface area (Å²) in [6, 6.07) is 5.69. The van der Waals surface area contributed by atoms with Crippen LogP contribution in [-0.2, 0) is 4.79 Å². The van der Waals surface area contributed by atoms with Crippen LogP contribution in [0.4, 0.5) is 0 Å². The van der Waals surface area contributed by atoms with Gasteiger partial charge in [0.15, 0.2) is 11.5 Å². The summed E-state index contributed by atoms with van der Waals surface area (Å²) in [4.78, 5) is 15.4. The van der Waals surface area contributed by atoms with E-state index in [4.69, 9.17) is 14.6 Å². The molecule has 0 amide bonds. The van der Waals surface area contributed by atoms with Crippen LogP contribution in [0.15, 0.2) is 23.2 Å². The standard InChI is InChI=1S/C17H23NO4/c1-21-15-5-3-4-14(16(15)22-2)11-18-10-12-6-8-13(9-7-12)17(19)20/h3-5,11-13H,6-10H2,1-2H3,(H,19,20)/t12-,13-. The first-order valence-electron chi connectivity index (χ1n) is 7.59. The molecular formula is C17H23NO4. The fourth-order valence-corrected chi connectivity index (χ4v) is 2.91. The van der Waals surface area contributed by atoms with E-state index in [-0.39, 0.29) is 5.92 Å². The second-order valence-electron chi connectivity index (χ2n) is 5.63. The zero-order valence-corrected chi connectivity index (χ0v) is 13.1. The monoisotopic (exact) mass is 305 g/mol. The molecule has 120 valence electrons. The van der Waals surface area contributed by atoms with Crippen LogP contribution in [0.1, 0.15) is 31.2 Å². The molecule has 1 saturated carbocycles. The summed E-state index contributed by atoms with van der Waals surface area (Å²) in [5.41, 5.74) is 0.890. The number of para-hydroxylation sites is 1. The van der Waals surface area contributed by atoms with Crippen LogP contribution in [0.25, 0.3) is 0 Å². The van der Waals surface area contributed by atoms with Crippen molar-refractivity contribution >= 4 is 12.2 Å². The quantitative estimate of drug-likeness (QED) is 0.820. The normalized spacial score (nSPS) is 21.7. The second-order valence-corrected chi connectivity index (χ2v) is 5.63. The van der Waals surface area contributed by atoms with Gasteiger partial charge >= 0.3 is 5.97 Å². The predicted molar refractivity (Wildman–Crippen MR) is 85.1 cm³/mol. The molecular weight excluding hydrogens is 282 g/mol. The minimum absolute atomic E-state index is 0.168. The number of hydrogen-bond donors (Lipinski definition) is 1. The van der Waals surface area contributed by atoms with Crippen LogP contribution < -0.4 is 9.47 Å². The minimum Gasteiger partial charge on any atom is -0.493 e. The van der Waals surface area contributed by atoms with Crippen molar-refractivity contribution in [1.82, 2.24) is 0 Å². The molecule has 0 radical (unpaired) electrons. The third kappa shape index (κ3) is 4.00. The van der Waals surface area contributed by atoms with Crippen molar-refractivity contribution in [2.24, 2.45) is 16.8 Å². The lowest BCUT2D eigenvalue weighted by atomic mass is 9.82. The van der Waals surface area contributed by atoms with Crippen LogP contribution in [0, 0.1) is 11.8 Å². The maximum atomic E-state index is 10.9. The molecule has 0 unspecified atom stereocenters. The van der Waals surface area contributed by atoms with Gasteiger partial charge in [-0.15, -0.1) is 0 Å². The molecule has 0 spiro atoms. The number of methoxy groups -OCH3 is 2. The van der Waals surface area contributed by atoms with Gasteiger partial charge in [-0.25, -0.2) is 0 Å². The summed E-state index contributed by atoms with van der Waals surface area (Å²) in [5, 5.41) is 9.00. The molecule has 0 saturated heterocycles. The van der Waals surface area contributed by atoms with Crippen molar-refractivity contribution in [3.05, 3.63) is 23.8 Å². The molecule has 2 rings (SSSR count). The van der Waals surface area contributed by atoms with Gasteiger partial charge in [0.25, 0.3) is 0 Å². The Morgan fingerprint density at radius 3 is 2.59 bits per heavy atom. The SMILES string of the molecule is COc1cccc(C=NC[C@H]2CC[C@H](C(=O)O)CC2)c1OC. The molecule has 0 aromatic heterocycles. The summed E-state index contributed by atoms with van der Waals surface area (Å²) in [7, 11) is 3.22. The Morgan fingerprint density at radius 2 is 2.00 bits per heavy atom. The van der Waals surface area contributed by atoms with E-state index in [1.54, 1.807) is 14.2 Å². The van der Waals surface area contributed by atoms with E-state index >= 15 is 0 Å². The van der Waals surface area contributed by atoms with Crippen molar-refractivity contribution < 1.29 is 19.4 Å². The number of carboxylic acid groups (broad SMARTS) is 1. The minimum atomic E-state index is -0.664. The van der Waals surface area contributed by atoms with Gasteiger partial charge in [0.2, 0.25) is 0 Å². The number of carboxylic acids is 1. The molecule has 0 bridgehead atoms. The van der Waals surface area contributed by atoms with Gasteiger partial charge < -0.3 is 14.6 Å². The lowest BCUT2D eigenvalue weighted by Crippen LogP contribution is -2.22. The topological polar surface area (TPSA) is 68.1 Å². The molecule has 1 fully saturated rings. The smallest absolute Gasteiger partial charge is 0.306 e. The van der Waals surface area contributed by atoms with Crippen molar-refractivity contribution in [3.63, 3.8) is 0 Å². The molecule has 0 heterocycles. The third-order valence-electron chi connectivity index (χ3n) is 4.22. The number of aliphatic carboxylic acids is 1. The molecule has 0 atom stereocenters. The lowest BCUT2D eigenvalue weighted by molar-refractivity contribution is -0.143. The highest BCUT2D eigenvalue weighted by Crippen LogP contribution is 2.31. The molecule has 1 aromatic carbocycles. The number of nitrogens with zero attached hydrogens (tertiary/aromatic N) is 1.